The first kappa shape index (κ1) is 15.8. The average Bonchev–Trinajstić information content (AvgIpc) is 2.39. The molecule has 1 saturated carbocycles. The number of carbonyl (C=O) groups is 1. The fraction of sp³-hybridized carbons (Fsp3) is 0.625. The van der Waals surface area contributed by atoms with Gasteiger partial charge in [0.1, 0.15) is 11.4 Å². The molecule has 2 rings (SSSR count). The Morgan fingerprint density at radius 2 is 2.10 bits per heavy atom. The number of aliphatic hydroxyl groups is 1. The van der Waals surface area contributed by atoms with Gasteiger partial charge in [-0.3, -0.25) is 4.79 Å². The number of hydrogen-bond acceptors (Lipinski definition) is 4. The maximum absolute atomic E-state index is 12.2. The zero-order valence-electron chi connectivity index (χ0n) is 13.1. The molecule has 2 N–H and O–H groups in total. The van der Waals surface area contributed by atoms with Gasteiger partial charge in [-0.25, -0.2) is 4.98 Å². The number of amides is 1. The van der Waals surface area contributed by atoms with E-state index in [4.69, 9.17) is 0 Å². The Morgan fingerprint density at radius 1 is 1.43 bits per heavy atom. The van der Waals surface area contributed by atoms with Gasteiger partial charge in [-0.2, -0.15) is 0 Å². The molecule has 1 aliphatic carbocycles. The lowest BCUT2D eigenvalue weighted by Gasteiger charge is -2.37. The van der Waals surface area contributed by atoms with E-state index in [9.17, 15) is 9.90 Å². The summed E-state index contributed by atoms with van der Waals surface area (Å²) >= 11 is 0. The van der Waals surface area contributed by atoms with Crippen molar-refractivity contribution >= 4 is 17.4 Å². The van der Waals surface area contributed by atoms with Crippen molar-refractivity contribution in [2.75, 3.05) is 23.3 Å². The molecule has 5 heteroatoms. The van der Waals surface area contributed by atoms with Gasteiger partial charge in [0.25, 0.3) is 5.91 Å². The molecule has 1 aromatic rings. The SMILES string of the molecule is CCN(CC)c1ccc(NC(=O)C(C)(O)C2CCC2)cn1. The van der Waals surface area contributed by atoms with Gasteiger partial charge in [-0.1, -0.05) is 6.42 Å². The minimum atomic E-state index is -1.30. The maximum Gasteiger partial charge on any atom is 0.256 e. The molecule has 0 radical (unpaired) electrons. The van der Waals surface area contributed by atoms with Crippen LogP contribution in [-0.2, 0) is 4.79 Å². The molecular weight excluding hydrogens is 266 g/mol. The van der Waals surface area contributed by atoms with Crippen LogP contribution < -0.4 is 10.2 Å². The molecular formula is C16H25N3O2. The van der Waals surface area contributed by atoms with Crippen LogP contribution in [0.4, 0.5) is 11.5 Å². The zero-order chi connectivity index (χ0) is 15.5. The Labute approximate surface area is 126 Å². The van der Waals surface area contributed by atoms with E-state index in [2.05, 4.69) is 29.0 Å². The molecule has 1 unspecified atom stereocenters. The highest BCUT2D eigenvalue weighted by atomic mass is 16.3. The van der Waals surface area contributed by atoms with Crippen molar-refractivity contribution in [3.63, 3.8) is 0 Å². The van der Waals surface area contributed by atoms with Crippen LogP contribution in [0.15, 0.2) is 18.3 Å². The van der Waals surface area contributed by atoms with E-state index >= 15 is 0 Å². The van der Waals surface area contributed by atoms with Crippen molar-refractivity contribution in [1.82, 2.24) is 4.98 Å². The predicted octanol–water partition coefficient (Wildman–Crippen LogP) is 2.42. The molecule has 0 spiro atoms. The van der Waals surface area contributed by atoms with E-state index in [0.29, 0.717) is 5.69 Å². The summed E-state index contributed by atoms with van der Waals surface area (Å²) in [4.78, 5) is 18.7. The first-order valence-electron chi connectivity index (χ1n) is 7.73. The molecule has 21 heavy (non-hydrogen) atoms. The average molecular weight is 291 g/mol. The summed E-state index contributed by atoms with van der Waals surface area (Å²) in [5, 5.41) is 13.1. The third-order valence-electron chi connectivity index (χ3n) is 4.45. The van der Waals surface area contributed by atoms with E-state index in [-0.39, 0.29) is 11.8 Å². The minimum absolute atomic E-state index is 0.0698. The standard InChI is InChI=1S/C16H25N3O2/c1-4-19(5-2)14-10-9-13(11-17-14)18-15(20)16(3,21)12-7-6-8-12/h9-12,21H,4-8H2,1-3H3,(H,18,20). The third kappa shape index (κ3) is 3.35. The van der Waals surface area contributed by atoms with E-state index in [1.807, 2.05) is 12.1 Å². The van der Waals surface area contributed by atoms with Gasteiger partial charge >= 0.3 is 0 Å². The van der Waals surface area contributed by atoms with Crippen molar-refractivity contribution in [3.8, 4) is 0 Å². The molecule has 1 fully saturated rings. The summed E-state index contributed by atoms with van der Waals surface area (Å²) in [5.41, 5.74) is -0.675. The van der Waals surface area contributed by atoms with E-state index in [1.54, 1.807) is 13.1 Å². The van der Waals surface area contributed by atoms with E-state index in [0.717, 1.165) is 38.2 Å². The molecule has 1 aromatic heterocycles. The van der Waals surface area contributed by atoms with Crippen molar-refractivity contribution in [1.29, 1.82) is 0 Å². The second-order valence-electron chi connectivity index (χ2n) is 5.81. The molecule has 1 amide bonds. The molecule has 1 aliphatic rings. The topological polar surface area (TPSA) is 65.5 Å². The Balaban J connectivity index is 2.01. The number of nitrogens with one attached hydrogen (secondary N) is 1. The fourth-order valence-corrected chi connectivity index (χ4v) is 2.61. The monoisotopic (exact) mass is 291 g/mol. The van der Waals surface area contributed by atoms with Gasteiger partial charge in [0.05, 0.1) is 11.9 Å². The normalized spacial score (nSPS) is 17.7. The summed E-state index contributed by atoms with van der Waals surface area (Å²) in [7, 11) is 0. The summed E-state index contributed by atoms with van der Waals surface area (Å²) < 4.78 is 0. The predicted molar refractivity (Wildman–Crippen MR) is 84.4 cm³/mol. The van der Waals surface area contributed by atoms with Crippen molar-refractivity contribution < 1.29 is 9.90 Å². The number of pyridine rings is 1. The van der Waals surface area contributed by atoms with Crippen LogP contribution in [0.1, 0.15) is 40.0 Å². The molecule has 1 atom stereocenters. The Kier molecular flexibility index (Phi) is 4.83. The maximum atomic E-state index is 12.2. The van der Waals surface area contributed by atoms with Gasteiger partial charge in [-0.05, 0) is 51.7 Å². The summed E-state index contributed by atoms with van der Waals surface area (Å²) in [5.74, 6) is 0.619. The van der Waals surface area contributed by atoms with Crippen molar-refractivity contribution in [3.05, 3.63) is 18.3 Å². The Morgan fingerprint density at radius 3 is 2.52 bits per heavy atom. The summed E-state index contributed by atoms with van der Waals surface area (Å²) in [6.07, 6.45) is 4.57. The zero-order valence-corrected chi connectivity index (χ0v) is 13.1. The molecule has 0 bridgehead atoms. The largest absolute Gasteiger partial charge is 0.380 e. The highest BCUT2D eigenvalue weighted by Gasteiger charge is 2.42. The van der Waals surface area contributed by atoms with Crippen LogP contribution in [-0.4, -0.2) is 34.7 Å². The van der Waals surface area contributed by atoms with Crippen molar-refractivity contribution in [2.24, 2.45) is 5.92 Å². The Hall–Kier alpha value is -1.62. The van der Waals surface area contributed by atoms with Gasteiger partial charge in [0, 0.05) is 13.1 Å². The van der Waals surface area contributed by atoms with E-state index in [1.165, 1.54) is 0 Å². The number of nitrogens with zero attached hydrogens (tertiary/aromatic N) is 2. The lowest BCUT2D eigenvalue weighted by Crippen LogP contribution is -2.49. The minimum Gasteiger partial charge on any atom is -0.380 e. The van der Waals surface area contributed by atoms with Gasteiger partial charge in [-0.15, -0.1) is 0 Å². The first-order chi connectivity index (χ1) is 9.98. The van der Waals surface area contributed by atoms with Crippen LogP contribution in [0.2, 0.25) is 0 Å². The lowest BCUT2D eigenvalue weighted by molar-refractivity contribution is -0.141. The number of carbonyl (C=O) groups excluding carboxylic acids is 1. The second-order valence-corrected chi connectivity index (χ2v) is 5.81. The molecule has 0 aliphatic heterocycles. The Bertz CT molecular complexity index is 477. The van der Waals surface area contributed by atoms with Gasteiger partial charge in [0.15, 0.2) is 0 Å². The van der Waals surface area contributed by atoms with Gasteiger partial charge in [0.2, 0.25) is 0 Å². The third-order valence-corrected chi connectivity index (χ3v) is 4.45. The molecule has 0 aromatic carbocycles. The molecule has 1 heterocycles. The van der Waals surface area contributed by atoms with Crippen molar-refractivity contribution in [2.45, 2.75) is 45.6 Å². The highest BCUT2D eigenvalue weighted by molar-refractivity contribution is 5.97. The number of aromatic nitrogens is 1. The molecule has 5 nitrogen and oxygen atoms in total. The number of anilines is 2. The lowest BCUT2D eigenvalue weighted by atomic mass is 9.73. The van der Waals surface area contributed by atoms with Crippen LogP contribution in [0.3, 0.4) is 0 Å². The summed E-state index contributed by atoms with van der Waals surface area (Å²) in [6.45, 7) is 7.55. The smallest absolute Gasteiger partial charge is 0.256 e. The quantitative estimate of drug-likeness (QED) is 0.845. The van der Waals surface area contributed by atoms with E-state index < -0.39 is 5.60 Å². The van der Waals surface area contributed by atoms with Crippen LogP contribution in [0, 0.1) is 5.92 Å². The van der Waals surface area contributed by atoms with Gasteiger partial charge < -0.3 is 15.3 Å². The molecule has 0 saturated heterocycles. The van der Waals surface area contributed by atoms with Crippen LogP contribution in [0.25, 0.3) is 0 Å². The second kappa shape index (κ2) is 6.43. The van der Waals surface area contributed by atoms with Crippen LogP contribution >= 0.6 is 0 Å². The fourth-order valence-electron chi connectivity index (χ4n) is 2.61. The summed E-state index contributed by atoms with van der Waals surface area (Å²) in [6, 6.07) is 3.72. The number of hydrogen-bond donors (Lipinski definition) is 2. The number of rotatable bonds is 6. The highest BCUT2D eigenvalue weighted by Crippen LogP contribution is 2.36. The first-order valence-corrected chi connectivity index (χ1v) is 7.73. The van der Waals surface area contributed by atoms with Crippen LogP contribution in [0.5, 0.6) is 0 Å². The molecule has 116 valence electrons.